The van der Waals surface area contributed by atoms with Crippen molar-refractivity contribution in [2.45, 2.75) is 24.8 Å². The van der Waals surface area contributed by atoms with Gasteiger partial charge in [-0.05, 0) is 43.3 Å². The van der Waals surface area contributed by atoms with E-state index in [9.17, 15) is 13.5 Å². The number of nitrogens with zero attached hydrogens (tertiary/aromatic N) is 4. The van der Waals surface area contributed by atoms with Crippen molar-refractivity contribution in [1.82, 2.24) is 19.3 Å². The zero-order valence-corrected chi connectivity index (χ0v) is 19.6. The van der Waals surface area contributed by atoms with Crippen LogP contribution in [0.3, 0.4) is 0 Å². The molecule has 2 N–H and O–H groups in total. The lowest BCUT2D eigenvalue weighted by Crippen LogP contribution is -2.50. The molecule has 9 nitrogen and oxygen atoms in total. The third-order valence-electron chi connectivity index (χ3n) is 5.67. The molecule has 1 saturated heterocycles. The summed E-state index contributed by atoms with van der Waals surface area (Å²) in [5.41, 5.74) is 2.77. The Bertz CT molecular complexity index is 1150. The second-order valence-corrected chi connectivity index (χ2v) is 10.2. The zero-order chi connectivity index (χ0) is 23.4. The van der Waals surface area contributed by atoms with E-state index < -0.39 is 16.1 Å². The zero-order valence-electron chi connectivity index (χ0n) is 18.8. The molecular weight excluding hydrogens is 442 g/mol. The van der Waals surface area contributed by atoms with Gasteiger partial charge in [-0.3, -0.25) is 4.90 Å². The SMILES string of the molecule is Cc1ccc(S(=O)(=O)N2CCN(CC(O)CNc3ccc(-c4noc(C)n4)cc3)CC2)cc1. The van der Waals surface area contributed by atoms with E-state index in [1.165, 1.54) is 4.31 Å². The maximum absolute atomic E-state index is 12.8. The molecule has 0 amide bonds. The maximum Gasteiger partial charge on any atom is 0.243 e. The molecular formula is C23H29N5O4S. The van der Waals surface area contributed by atoms with E-state index in [1.54, 1.807) is 19.1 Å². The van der Waals surface area contributed by atoms with E-state index in [0.29, 0.717) is 55.9 Å². The molecule has 4 rings (SSSR count). The minimum Gasteiger partial charge on any atom is -0.390 e. The van der Waals surface area contributed by atoms with Gasteiger partial charge in [0.2, 0.25) is 21.7 Å². The number of benzene rings is 2. The summed E-state index contributed by atoms with van der Waals surface area (Å²) in [6.07, 6.45) is -0.579. The first kappa shape index (κ1) is 23.4. The number of hydrogen-bond acceptors (Lipinski definition) is 8. The first-order valence-corrected chi connectivity index (χ1v) is 12.4. The smallest absolute Gasteiger partial charge is 0.243 e. The van der Waals surface area contributed by atoms with E-state index in [4.69, 9.17) is 4.52 Å². The number of nitrogens with one attached hydrogen (secondary N) is 1. The number of aromatic nitrogens is 2. The van der Waals surface area contributed by atoms with Crippen molar-refractivity contribution in [3.63, 3.8) is 0 Å². The second-order valence-electron chi connectivity index (χ2n) is 8.27. The van der Waals surface area contributed by atoms with Crippen molar-refractivity contribution in [3.05, 3.63) is 60.0 Å². The molecule has 1 aliphatic rings. The Balaban J connectivity index is 1.23. The summed E-state index contributed by atoms with van der Waals surface area (Å²) < 4.78 is 32.2. The van der Waals surface area contributed by atoms with Gasteiger partial charge in [0.1, 0.15) is 0 Å². The highest BCUT2D eigenvalue weighted by Crippen LogP contribution is 2.20. The molecule has 2 aromatic carbocycles. The van der Waals surface area contributed by atoms with Gasteiger partial charge in [-0.25, -0.2) is 8.42 Å². The van der Waals surface area contributed by atoms with Crippen molar-refractivity contribution in [3.8, 4) is 11.4 Å². The van der Waals surface area contributed by atoms with Gasteiger partial charge < -0.3 is 14.9 Å². The Labute approximate surface area is 194 Å². The van der Waals surface area contributed by atoms with E-state index in [0.717, 1.165) is 16.8 Å². The summed E-state index contributed by atoms with van der Waals surface area (Å²) in [7, 11) is -3.48. The number of aliphatic hydroxyl groups excluding tert-OH is 1. The lowest BCUT2D eigenvalue weighted by atomic mass is 10.2. The predicted molar refractivity (Wildman–Crippen MR) is 125 cm³/mol. The van der Waals surface area contributed by atoms with Gasteiger partial charge in [-0.1, -0.05) is 22.9 Å². The molecule has 1 fully saturated rings. The minimum absolute atomic E-state index is 0.325. The van der Waals surface area contributed by atoms with Crippen molar-refractivity contribution in [2.24, 2.45) is 0 Å². The van der Waals surface area contributed by atoms with E-state index in [-0.39, 0.29) is 0 Å². The van der Waals surface area contributed by atoms with Crippen LogP contribution in [-0.2, 0) is 10.0 Å². The van der Waals surface area contributed by atoms with Crippen LogP contribution >= 0.6 is 0 Å². The monoisotopic (exact) mass is 471 g/mol. The quantitative estimate of drug-likeness (QED) is 0.514. The molecule has 10 heteroatoms. The van der Waals surface area contributed by atoms with Gasteiger partial charge in [-0.15, -0.1) is 0 Å². The van der Waals surface area contributed by atoms with Crippen LogP contribution in [0.4, 0.5) is 5.69 Å². The minimum atomic E-state index is -3.48. The molecule has 1 atom stereocenters. The third-order valence-corrected chi connectivity index (χ3v) is 7.58. The van der Waals surface area contributed by atoms with Gasteiger partial charge >= 0.3 is 0 Å². The number of aryl methyl sites for hydroxylation is 2. The molecule has 1 aliphatic heterocycles. The molecule has 3 aromatic rings. The number of anilines is 1. The molecule has 0 bridgehead atoms. The molecule has 0 aliphatic carbocycles. The summed E-state index contributed by atoms with van der Waals surface area (Å²) in [5, 5.41) is 17.6. The van der Waals surface area contributed by atoms with E-state index in [2.05, 4.69) is 20.4 Å². The van der Waals surface area contributed by atoms with Crippen LogP contribution < -0.4 is 5.32 Å². The number of aliphatic hydroxyl groups is 1. The largest absolute Gasteiger partial charge is 0.390 e. The summed E-state index contributed by atoms with van der Waals surface area (Å²) in [4.78, 5) is 6.62. The fourth-order valence-electron chi connectivity index (χ4n) is 3.76. The van der Waals surface area contributed by atoms with Crippen LogP contribution in [0.2, 0.25) is 0 Å². The Hall–Kier alpha value is -2.79. The topological polar surface area (TPSA) is 112 Å². The average Bonchev–Trinajstić information content (AvgIpc) is 3.25. The Kier molecular flexibility index (Phi) is 7.08. The summed E-state index contributed by atoms with van der Waals surface area (Å²) in [6, 6.07) is 14.5. The predicted octanol–water partition coefficient (Wildman–Crippen LogP) is 2.13. The summed E-state index contributed by atoms with van der Waals surface area (Å²) in [5.74, 6) is 1.06. The summed E-state index contributed by atoms with van der Waals surface area (Å²) >= 11 is 0. The number of rotatable bonds is 8. The highest BCUT2D eigenvalue weighted by Gasteiger charge is 2.29. The molecule has 176 valence electrons. The number of hydrogen-bond donors (Lipinski definition) is 2. The lowest BCUT2D eigenvalue weighted by molar-refractivity contribution is 0.0994. The standard InChI is InChI=1S/C23H29N5O4S/c1-17-3-9-22(10-4-17)33(30,31)28-13-11-27(12-14-28)16-21(29)15-24-20-7-5-19(6-8-20)23-25-18(2)32-26-23/h3-10,21,24,29H,11-16H2,1-2H3. The van der Waals surface area contributed by atoms with Crippen LogP contribution in [0.15, 0.2) is 57.9 Å². The van der Waals surface area contributed by atoms with Crippen LogP contribution in [-0.4, -0.2) is 78.2 Å². The first-order valence-electron chi connectivity index (χ1n) is 10.9. The van der Waals surface area contributed by atoms with E-state index in [1.807, 2.05) is 43.3 Å². The molecule has 1 unspecified atom stereocenters. The van der Waals surface area contributed by atoms with Crippen LogP contribution in [0.25, 0.3) is 11.4 Å². The maximum atomic E-state index is 12.8. The molecule has 1 aromatic heterocycles. The average molecular weight is 472 g/mol. The Morgan fingerprint density at radius 1 is 1.03 bits per heavy atom. The number of sulfonamides is 1. The van der Waals surface area contributed by atoms with Crippen LogP contribution in [0.1, 0.15) is 11.5 Å². The van der Waals surface area contributed by atoms with Crippen LogP contribution in [0.5, 0.6) is 0 Å². The fourth-order valence-corrected chi connectivity index (χ4v) is 5.19. The normalized spacial score (nSPS) is 16.6. The van der Waals surface area contributed by atoms with Crippen molar-refractivity contribution < 1.29 is 18.0 Å². The third kappa shape index (κ3) is 5.77. The fraction of sp³-hybridized carbons (Fsp3) is 0.391. The molecule has 0 spiro atoms. The molecule has 0 radical (unpaired) electrons. The highest BCUT2D eigenvalue weighted by molar-refractivity contribution is 7.89. The molecule has 0 saturated carbocycles. The van der Waals surface area contributed by atoms with Crippen molar-refractivity contribution in [1.29, 1.82) is 0 Å². The number of β-amino-alcohol motifs (C(OH)–C–C–N with tert-alkyl or cyclic N) is 1. The second kappa shape index (κ2) is 10.0. The van der Waals surface area contributed by atoms with Gasteiger partial charge in [0.05, 0.1) is 11.0 Å². The first-order chi connectivity index (χ1) is 15.8. The summed E-state index contributed by atoms with van der Waals surface area (Å²) in [6.45, 7) is 6.54. The van der Waals surface area contributed by atoms with Crippen LogP contribution in [0, 0.1) is 13.8 Å². The lowest BCUT2D eigenvalue weighted by Gasteiger charge is -2.35. The van der Waals surface area contributed by atoms with Gasteiger partial charge in [0.25, 0.3) is 0 Å². The Morgan fingerprint density at radius 2 is 1.70 bits per heavy atom. The highest BCUT2D eigenvalue weighted by atomic mass is 32.2. The van der Waals surface area contributed by atoms with E-state index >= 15 is 0 Å². The van der Waals surface area contributed by atoms with Gasteiger partial charge in [-0.2, -0.15) is 9.29 Å². The van der Waals surface area contributed by atoms with Gasteiger partial charge in [0, 0.05) is 57.4 Å². The number of piperazine rings is 1. The van der Waals surface area contributed by atoms with Crippen molar-refractivity contribution in [2.75, 3.05) is 44.6 Å². The molecule has 33 heavy (non-hydrogen) atoms. The van der Waals surface area contributed by atoms with Gasteiger partial charge in [0.15, 0.2) is 0 Å². The molecule has 2 heterocycles. The van der Waals surface area contributed by atoms with Crippen molar-refractivity contribution >= 4 is 15.7 Å². The Morgan fingerprint density at radius 3 is 2.30 bits per heavy atom.